The number of anilines is 1. The molecule has 7 nitrogen and oxygen atoms in total. The maximum Gasteiger partial charge on any atom is 0.226 e. The number of carbonyl (C=O) groups is 2. The molecule has 2 aromatic carbocycles. The van der Waals surface area contributed by atoms with Crippen LogP contribution in [0.5, 0.6) is 11.5 Å². The highest BCUT2D eigenvalue weighted by Crippen LogP contribution is 2.28. The molecule has 0 spiro atoms. The number of benzene rings is 2. The van der Waals surface area contributed by atoms with Crippen molar-refractivity contribution in [1.82, 2.24) is 5.32 Å². The molecule has 8 heteroatoms. The fraction of sp³-hybridized carbons (Fsp3) is 0.318. The number of aryl methyl sites for hydroxylation is 1. The Morgan fingerprint density at radius 3 is 2.63 bits per heavy atom. The van der Waals surface area contributed by atoms with E-state index in [1.54, 1.807) is 18.2 Å². The van der Waals surface area contributed by atoms with Gasteiger partial charge in [0.1, 0.15) is 0 Å². The van der Waals surface area contributed by atoms with Crippen molar-refractivity contribution in [3.8, 4) is 17.6 Å². The van der Waals surface area contributed by atoms with E-state index in [4.69, 9.17) is 14.7 Å². The van der Waals surface area contributed by atoms with E-state index in [1.165, 1.54) is 7.11 Å². The molecule has 0 atom stereocenters. The quantitative estimate of drug-likeness (QED) is 0.508. The van der Waals surface area contributed by atoms with Crippen molar-refractivity contribution in [2.45, 2.75) is 26.2 Å². The molecular formula is C22H24BrN3O4. The van der Waals surface area contributed by atoms with Gasteiger partial charge in [-0.3, -0.25) is 9.59 Å². The van der Waals surface area contributed by atoms with Gasteiger partial charge in [0.25, 0.3) is 0 Å². The van der Waals surface area contributed by atoms with Crippen molar-refractivity contribution >= 4 is 33.4 Å². The summed E-state index contributed by atoms with van der Waals surface area (Å²) in [7, 11) is 1.50. The summed E-state index contributed by atoms with van der Waals surface area (Å²) in [6.07, 6.45) is 0.986. The van der Waals surface area contributed by atoms with E-state index < -0.39 is 0 Å². The van der Waals surface area contributed by atoms with Gasteiger partial charge in [-0.05, 0) is 43.2 Å². The number of amides is 2. The number of hydrogen-bond acceptors (Lipinski definition) is 5. The number of methoxy groups -OCH3 is 1. The molecule has 0 fully saturated rings. The molecule has 0 unspecified atom stereocenters. The summed E-state index contributed by atoms with van der Waals surface area (Å²) in [4.78, 5) is 24.0. The van der Waals surface area contributed by atoms with Crippen LogP contribution in [0.4, 0.5) is 5.69 Å². The fourth-order valence-corrected chi connectivity index (χ4v) is 2.98. The van der Waals surface area contributed by atoms with Gasteiger partial charge in [0.05, 0.1) is 25.3 Å². The highest BCUT2D eigenvalue weighted by atomic mass is 79.9. The van der Waals surface area contributed by atoms with Crippen molar-refractivity contribution in [2.24, 2.45) is 0 Å². The maximum absolute atomic E-state index is 12.1. The molecule has 0 bridgehead atoms. The average Bonchev–Trinajstić information content (AvgIpc) is 2.73. The zero-order chi connectivity index (χ0) is 21.9. The summed E-state index contributed by atoms with van der Waals surface area (Å²) in [6, 6.07) is 12.6. The van der Waals surface area contributed by atoms with Gasteiger partial charge in [-0.1, -0.05) is 22.0 Å². The summed E-state index contributed by atoms with van der Waals surface area (Å²) in [6.45, 7) is 2.51. The molecular weight excluding hydrogens is 450 g/mol. The lowest BCUT2D eigenvalue weighted by Gasteiger charge is -2.11. The Hall–Kier alpha value is -3.05. The lowest BCUT2D eigenvalue weighted by molar-refractivity contribution is -0.121. The topological polar surface area (TPSA) is 100 Å². The minimum Gasteiger partial charge on any atom is -0.493 e. The van der Waals surface area contributed by atoms with Crippen LogP contribution in [0.1, 0.15) is 30.4 Å². The van der Waals surface area contributed by atoms with E-state index in [9.17, 15) is 9.59 Å². The molecule has 0 saturated heterocycles. The second kappa shape index (κ2) is 11.8. The van der Waals surface area contributed by atoms with E-state index >= 15 is 0 Å². The van der Waals surface area contributed by atoms with Gasteiger partial charge < -0.3 is 20.1 Å². The van der Waals surface area contributed by atoms with Crippen LogP contribution in [-0.2, 0) is 9.59 Å². The molecule has 2 rings (SSSR count). The second-order valence-electron chi connectivity index (χ2n) is 6.54. The number of halogens is 1. The molecule has 158 valence electrons. The monoisotopic (exact) mass is 473 g/mol. The highest BCUT2D eigenvalue weighted by Gasteiger charge is 2.08. The number of hydrogen-bond donors (Lipinski definition) is 2. The van der Waals surface area contributed by atoms with Gasteiger partial charge in [-0.15, -0.1) is 0 Å². The van der Waals surface area contributed by atoms with Crippen LogP contribution in [-0.4, -0.2) is 32.1 Å². The smallest absolute Gasteiger partial charge is 0.226 e. The third-order valence-electron chi connectivity index (χ3n) is 4.25. The third-order valence-corrected chi connectivity index (χ3v) is 4.74. The Kier molecular flexibility index (Phi) is 9.16. The summed E-state index contributed by atoms with van der Waals surface area (Å²) in [5.74, 6) is 0.700. The largest absolute Gasteiger partial charge is 0.493 e. The molecule has 0 aliphatic rings. The van der Waals surface area contributed by atoms with Crippen LogP contribution in [0, 0.1) is 18.3 Å². The van der Waals surface area contributed by atoms with E-state index in [1.807, 2.05) is 31.2 Å². The van der Waals surface area contributed by atoms with E-state index in [0.717, 1.165) is 15.7 Å². The molecule has 0 aliphatic heterocycles. The van der Waals surface area contributed by atoms with Crippen LogP contribution in [0.2, 0.25) is 0 Å². The van der Waals surface area contributed by atoms with Gasteiger partial charge in [0.15, 0.2) is 11.5 Å². The molecule has 2 amide bonds. The first kappa shape index (κ1) is 23.2. The number of nitrogens with zero attached hydrogens (tertiary/aromatic N) is 1. The van der Waals surface area contributed by atoms with Crippen molar-refractivity contribution < 1.29 is 19.1 Å². The standard InChI is InChI=1S/C22H24BrN3O4/c1-15-5-7-17(23)13-18(15)26-22(28)9-10-25-21(27)4-3-11-30-19-8-6-16(14-24)12-20(19)29-2/h5-8,12-13H,3-4,9-11H2,1-2H3,(H,25,27)(H,26,28). The number of rotatable bonds is 10. The van der Waals surface area contributed by atoms with Gasteiger partial charge in [0, 0.05) is 35.6 Å². The first-order valence-electron chi connectivity index (χ1n) is 9.46. The Balaban J connectivity index is 1.65. The van der Waals surface area contributed by atoms with Crippen LogP contribution in [0.25, 0.3) is 0 Å². The van der Waals surface area contributed by atoms with Gasteiger partial charge >= 0.3 is 0 Å². The van der Waals surface area contributed by atoms with Crippen molar-refractivity contribution in [1.29, 1.82) is 5.26 Å². The van der Waals surface area contributed by atoms with E-state index in [-0.39, 0.29) is 31.2 Å². The fourth-order valence-electron chi connectivity index (χ4n) is 2.62. The van der Waals surface area contributed by atoms with Gasteiger partial charge in [-0.2, -0.15) is 5.26 Å². The first-order valence-corrected chi connectivity index (χ1v) is 10.3. The Labute approximate surface area is 184 Å². The zero-order valence-electron chi connectivity index (χ0n) is 17.0. The van der Waals surface area contributed by atoms with Crippen LogP contribution >= 0.6 is 15.9 Å². The predicted octanol–water partition coefficient (Wildman–Crippen LogP) is 3.94. The minimum absolute atomic E-state index is 0.142. The van der Waals surface area contributed by atoms with Gasteiger partial charge in [0.2, 0.25) is 11.8 Å². The molecule has 0 saturated carbocycles. The molecule has 0 radical (unpaired) electrons. The van der Waals surface area contributed by atoms with E-state index in [2.05, 4.69) is 26.6 Å². The van der Waals surface area contributed by atoms with Crippen LogP contribution < -0.4 is 20.1 Å². The first-order chi connectivity index (χ1) is 14.4. The van der Waals surface area contributed by atoms with Crippen LogP contribution in [0.3, 0.4) is 0 Å². The number of ether oxygens (including phenoxy) is 2. The highest BCUT2D eigenvalue weighted by molar-refractivity contribution is 9.10. The van der Waals surface area contributed by atoms with Crippen LogP contribution in [0.15, 0.2) is 40.9 Å². The lowest BCUT2D eigenvalue weighted by atomic mass is 10.2. The molecule has 0 aliphatic carbocycles. The van der Waals surface area contributed by atoms with Gasteiger partial charge in [-0.25, -0.2) is 0 Å². The summed E-state index contributed by atoms with van der Waals surface area (Å²) in [5, 5.41) is 14.5. The predicted molar refractivity (Wildman–Crippen MR) is 118 cm³/mol. The molecule has 0 aromatic heterocycles. The normalized spacial score (nSPS) is 10.1. The van der Waals surface area contributed by atoms with Crippen molar-refractivity contribution in [3.63, 3.8) is 0 Å². The molecule has 0 heterocycles. The van der Waals surface area contributed by atoms with Crippen molar-refractivity contribution in [3.05, 3.63) is 52.0 Å². The number of nitrogens with one attached hydrogen (secondary N) is 2. The molecule has 2 aromatic rings. The average molecular weight is 474 g/mol. The summed E-state index contributed by atoms with van der Waals surface area (Å²) in [5.41, 5.74) is 2.20. The number of nitriles is 1. The maximum atomic E-state index is 12.1. The summed E-state index contributed by atoms with van der Waals surface area (Å²) < 4.78 is 11.7. The zero-order valence-corrected chi connectivity index (χ0v) is 18.5. The third kappa shape index (κ3) is 7.41. The summed E-state index contributed by atoms with van der Waals surface area (Å²) >= 11 is 3.38. The van der Waals surface area contributed by atoms with E-state index in [0.29, 0.717) is 30.1 Å². The minimum atomic E-state index is -0.159. The Morgan fingerprint density at radius 2 is 1.90 bits per heavy atom. The molecule has 2 N–H and O–H groups in total. The Morgan fingerprint density at radius 1 is 1.10 bits per heavy atom. The number of carbonyl (C=O) groups excluding carboxylic acids is 2. The molecule has 30 heavy (non-hydrogen) atoms. The second-order valence-corrected chi connectivity index (χ2v) is 7.45. The SMILES string of the molecule is COc1cc(C#N)ccc1OCCCC(=O)NCCC(=O)Nc1cc(Br)ccc1C. The Bertz CT molecular complexity index is 940. The van der Waals surface area contributed by atoms with Crippen molar-refractivity contribution in [2.75, 3.05) is 25.6 Å². The lowest BCUT2D eigenvalue weighted by Crippen LogP contribution is -2.27.